The number of likely N-dealkylation sites (tertiary alicyclic amines) is 1. The number of carbonyl (C=O) groups excluding carboxylic acids is 1. The molecule has 2 fully saturated rings. The molecule has 0 bridgehead atoms. The van der Waals surface area contributed by atoms with E-state index in [9.17, 15) is 4.79 Å². The number of carbonyl (C=O) groups is 1. The summed E-state index contributed by atoms with van der Waals surface area (Å²) in [7, 11) is 0. The number of hydrogen-bond donors (Lipinski definition) is 2. The van der Waals surface area contributed by atoms with Gasteiger partial charge < -0.3 is 16.0 Å². The highest BCUT2D eigenvalue weighted by molar-refractivity contribution is 6.30. The quantitative estimate of drug-likeness (QED) is 0.634. The molecule has 1 aromatic carbocycles. The average molecular weight is 444 g/mol. The Morgan fingerprint density at radius 2 is 1.94 bits per heavy atom. The summed E-state index contributed by atoms with van der Waals surface area (Å²) in [6.45, 7) is 4.82. The second-order valence-electron chi connectivity index (χ2n) is 9.02. The lowest BCUT2D eigenvalue weighted by Gasteiger charge is -2.35. The monoisotopic (exact) mass is 443 g/mol. The summed E-state index contributed by atoms with van der Waals surface area (Å²) in [4.78, 5) is 21.5. The zero-order valence-corrected chi connectivity index (χ0v) is 19.0. The Morgan fingerprint density at radius 1 is 1.19 bits per heavy atom. The number of benzene rings is 1. The molecule has 7 heteroatoms. The van der Waals surface area contributed by atoms with E-state index in [0.29, 0.717) is 23.7 Å². The number of nitrogens with zero attached hydrogens (tertiary/aromatic N) is 3. The number of piperidine rings is 1. The van der Waals surface area contributed by atoms with Gasteiger partial charge in [0, 0.05) is 56.3 Å². The molecule has 3 N–H and O–H groups in total. The third kappa shape index (κ3) is 5.88. The third-order valence-electron chi connectivity index (χ3n) is 6.69. The molecular formula is C24H34ClN5O. The Hall–Kier alpha value is -1.89. The number of rotatable bonds is 7. The van der Waals surface area contributed by atoms with E-state index in [1.807, 2.05) is 23.1 Å². The van der Waals surface area contributed by atoms with E-state index in [4.69, 9.17) is 17.3 Å². The number of fused-ring (bicyclic) bond motifs is 1. The van der Waals surface area contributed by atoms with Crippen molar-refractivity contribution in [3.8, 4) is 0 Å². The molecule has 1 aliphatic carbocycles. The van der Waals surface area contributed by atoms with Gasteiger partial charge in [-0.1, -0.05) is 42.6 Å². The van der Waals surface area contributed by atoms with Crippen molar-refractivity contribution >= 4 is 28.5 Å². The van der Waals surface area contributed by atoms with Crippen molar-refractivity contribution in [2.75, 3.05) is 32.7 Å². The number of hydrogen-bond acceptors (Lipinski definition) is 4. The molecule has 2 heterocycles. The van der Waals surface area contributed by atoms with Gasteiger partial charge in [0.25, 0.3) is 0 Å². The van der Waals surface area contributed by atoms with Crippen molar-refractivity contribution in [3.05, 3.63) is 41.0 Å². The van der Waals surface area contributed by atoms with Gasteiger partial charge in [0.2, 0.25) is 0 Å². The highest BCUT2D eigenvalue weighted by atomic mass is 35.5. The molecule has 2 aromatic rings. The van der Waals surface area contributed by atoms with Gasteiger partial charge in [-0.25, -0.2) is 9.78 Å². The van der Waals surface area contributed by atoms with Gasteiger partial charge in [0.1, 0.15) is 5.15 Å². The number of pyridine rings is 1. The minimum Gasteiger partial charge on any atom is -0.335 e. The van der Waals surface area contributed by atoms with E-state index in [-0.39, 0.29) is 6.03 Å². The molecule has 168 valence electrons. The van der Waals surface area contributed by atoms with Crippen LogP contribution < -0.4 is 11.1 Å². The maximum Gasteiger partial charge on any atom is 0.317 e. The topological polar surface area (TPSA) is 74.5 Å². The zero-order valence-electron chi connectivity index (χ0n) is 18.2. The standard InChI is InChI=1S/C24H34ClN5O/c25-23-20(15-19-5-1-4-8-22(19)28-23)17-29(14-11-26)16-18-9-12-30(13-10-18)24(31)27-21-6-2-3-7-21/h1,4-5,8,15,18,21H,2-3,6-7,9-14,16-17,26H2,(H,27,31). The van der Waals surface area contributed by atoms with E-state index >= 15 is 0 Å². The van der Waals surface area contributed by atoms with Crippen LogP contribution in [0.5, 0.6) is 0 Å². The number of para-hydroxylation sites is 1. The highest BCUT2D eigenvalue weighted by Crippen LogP contribution is 2.24. The van der Waals surface area contributed by atoms with E-state index in [2.05, 4.69) is 27.3 Å². The summed E-state index contributed by atoms with van der Waals surface area (Å²) in [6.07, 6.45) is 6.79. The lowest BCUT2D eigenvalue weighted by Crippen LogP contribution is -2.48. The summed E-state index contributed by atoms with van der Waals surface area (Å²) in [6, 6.07) is 10.7. The van der Waals surface area contributed by atoms with Crippen molar-refractivity contribution in [2.24, 2.45) is 11.7 Å². The predicted molar refractivity (Wildman–Crippen MR) is 126 cm³/mol. The first-order chi connectivity index (χ1) is 15.1. The van der Waals surface area contributed by atoms with Crippen LogP contribution >= 0.6 is 11.6 Å². The van der Waals surface area contributed by atoms with Gasteiger partial charge >= 0.3 is 6.03 Å². The molecule has 31 heavy (non-hydrogen) atoms. The van der Waals surface area contributed by atoms with Crippen LogP contribution in [0.25, 0.3) is 10.9 Å². The molecule has 1 saturated carbocycles. The summed E-state index contributed by atoms with van der Waals surface area (Å²) < 4.78 is 0. The van der Waals surface area contributed by atoms with Crippen molar-refractivity contribution in [1.82, 2.24) is 20.1 Å². The molecule has 0 radical (unpaired) electrons. The van der Waals surface area contributed by atoms with Crippen LogP contribution in [0.3, 0.4) is 0 Å². The minimum absolute atomic E-state index is 0.123. The van der Waals surface area contributed by atoms with Gasteiger partial charge in [-0.3, -0.25) is 4.90 Å². The van der Waals surface area contributed by atoms with Crippen LogP contribution in [-0.2, 0) is 6.54 Å². The lowest BCUT2D eigenvalue weighted by atomic mass is 9.96. The van der Waals surface area contributed by atoms with Crippen molar-refractivity contribution < 1.29 is 4.79 Å². The van der Waals surface area contributed by atoms with Crippen LogP contribution in [0, 0.1) is 5.92 Å². The van der Waals surface area contributed by atoms with Crippen LogP contribution in [0.4, 0.5) is 4.79 Å². The largest absolute Gasteiger partial charge is 0.335 e. The Morgan fingerprint density at radius 3 is 2.68 bits per heavy atom. The number of nitrogens with two attached hydrogens (primary N) is 1. The van der Waals surface area contributed by atoms with Gasteiger partial charge in [-0.15, -0.1) is 0 Å². The molecule has 1 saturated heterocycles. The number of nitrogens with one attached hydrogen (secondary N) is 1. The van der Waals surface area contributed by atoms with Crippen molar-refractivity contribution in [2.45, 2.75) is 51.1 Å². The molecule has 6 nitrogen and oxygen atoms in total. The van der Waals surface area contributed by atoms with Gasteiger partial charge in [0.15, 0.2) is 0 Å². The Bertz CT molecular complexity index is 877. The fraction of sp³-hybridized carbons (Fsp3) is 0.583. The maximum absolute atomic E-state index is 12.5. The zero-order chi connectivity index (χ0) is 21.6. The summed E-state index contributed by atoms with van der Waals surface area (Å²) in [5.41, 5.74) is 7.87. The summed E-state index contributed by atoms with van der Waals surface area (Å²) >= 11 is 6.49. The molecule has 0 unspecified atom stereocenters. The third-order valence-corrected chi connectivity index (χ3v) is 7.02. The SMILES string of the molecule is NCCN(Cc1cc2ccccc2nc1Cl)CC1CCN(C(=O)NC2CCCC2)CC1. The fourth-order valence-electron chi connectivity index (χ4n) is 4.93. The molecule has 0 atom stereocenters. The Kier molecular flexibility index (Phi) is 7.64. The molecule has 1 aliphatic heterocycles. The highest BCUT2D eigenvalue weighted by Gasteiger charge is 2.26. The molecular weight excluding hydrogens is 410 g/mol. The first kappa shape index (κ1) is 22.3. The van der Waals surface area contributed by atoms with Gasteiger partial charge in [-0.2, -0.15) is 0 Å². The van der Waals surface area contributed by atoms with Crippen LogP contribution in [0.2, 0.25) is 5.15 Å². The van der Waals surface area contributed by atoms with Gasteiger partial charge in [0.05, 0.1) is 5.52 Å². The molecule has 0 spiro atoms. The maximum atomic E-state index is 12.5. The van der Waals surface area contributed by atoms with Crippen LogP contribution in [0.1, 0.15) is 44.1 Å². The number of halogens is 1. The first-order valence-electron chi connectivity index (χ1n) is 11.6. The van der Waals surface area contributed by atoms with E-state index in [0.717, 1.165) is 74.9 Å². The average Bonchev–Trinajstić information content (AvgIpc) is 3.28. The van der Waals surface area contributed by atoms with Crippen molar-refractivity contribution in [1.29, 1.82) is 0 Å². The second kappa shape index (κ2) is 10.6. The van der Waals surface area contributed by atoms with Gasteiger partial charge in [-0.05, 0) is 43.7 Å². The number of urea groups is 1. The molecule has 4 rings (SSSR count). The number of amides is 2. The fourth-order valence-corrected chi connectivity index (χ4v) is 5.13. The van der Waals surface area contributed by atoms with Crippen molar-refractivity contribution in [3.63, 3.8) is 0 Å². The molecule has 2 aliphatic rings. The number of aromatic nitrogens is 1. The molecule has 1 aromatic heterocycles. The summed E-state index contributed by atoms with van der Waals surface area (Å²) in [5, 5.41) is 4.89. The Labute approximate surface area is 190 Å². The van der Waals surface area contributed by atoms with Crippen LogP contribution in [0.15, 0.2) is 30.3 Å². The summed E-state index contributed by atoms with van der Waals surface area (Å²) in [5.74, 6) is 0.564. The Balaban J connectivity index is 1.31. The predicted octanol–water partition coefficient (Wildman–Crippen LogP) is 4.01. The smallest absolute Gasteiger partial charge is 0.317 e. The van der Waals surface area contributed by atoms with E-state index in [1.54, 1.807) is 0 Å². The first-order valence-corrected chi connectivity index (χ1v) is 12.0. The lowest BCUT2D eigenvalue weighted by molar-refractivity contribution is 0.143. The van der Waals surface area contributed by atoms with E-state index < -0.39 is 0 Å². The minimum atomic E-state index is 0.123. The second-order valence-corrected chi connectivity index (χ2v) is 9.37. The molecule has 2 amide bonds. The van der Waals surface area contributed by atoms with E-state index in [1.165, 1.54) is 12.8 Å². The van der Waals surface area contributed by atoms with Crippen LogP contribution in [-0.4, -0.2) is 59.6 Å². The normalized spacial score (nSPS) is 18.2.